The normalized spacial score (nSPS) is 20.5. The lowest BCUT2D eigenvalue weighted by atomic mass is 10.1. The van der Waals surface area contributed by atoms with Gasteiger partial charge in [-0.2, -0.15) is 0 Å². The van der Waals surface area contributed by atoms with Crippen LogP contribution >= 0.6 is 11.8 Å². The molecule has 1 unspecified atom stereocenters. The third-order valence-corrected chi connectivity index (χ3v) is 13.3. The van der Waals surface area contributed by atoms with E-state index in [1.54, 1.807) is 0 Å². The molecule has 0 amide bonds. The van der Waals surface area contributed by atoms with Crippen molar-refractivity contribution in [2.45, 2.75) is 74.2 Å². The zero-order valence-corrected chi connectivity index (χ0v) is 23.3. The zero-order valence-electron chi connectivity index (χ0n) is 21.4. The van der Waals surface area contributed by atoms with Crippen LogP contribution in [0.2, 0.25) is 18.1 Å². The fourth-order valence-corrected chi connectivity index (χ4v) is 7.26. The number of hydrogen-bond donors (Lipinski definition) is 0. The van der Waals surface area contributed by atoms with E-state index in [0.717, 1.165) is 19.5 Å². The minimum Gasteiger partial charge on any atom is -0.413 e. The third kappa shape index (κ3) is 5.85. The van der Waals surface area contributed by atoms with Crippen LogP contribution in [0.3, 0.4) is 0 Å². The molecule has 182 valence electrons. The first-order valence-electron chi connectivity index (χ1n) is 12.3. The highest BCUT2D eigenvalue weighted by Gasteiger charge is 2.45. The fourth-order valence-electron chi connectivity index (χ4n) is 4.51. The predicted octanol–water partition coefficient (Wildman–Crippen LogP) is 6.92. The second-order valence-electron chi connectivity index (χ2n) is 11.0. The Balaban J connectivity index is 1.66. The number of rotatable bonds is 8. The zero-order chi connectivity index (χ0) is 24.3. The van der Waals surface area contributed by atoms with Crippen molar-refractivity contribution in [3.05, 3.63) is 84.4 Å². The van der Waals surface area contributed by atoms with Crippen LogP contribution in [0.15, 0.2) is 78.1 Å². The van der Waals surface area contributed by atoms with Gasteiger partial charge >= 0.3 is 0 Å². The van der Waals surface area contributed by atoms with Crippen molar-refractivity contribution in [1.82, 2.24) is 14.5 Å². The smallest absolute Gasteiger partial charge is 0.192 e. The van der Waals surface area contributed by atoms with Gasteiger partial charge in [-0.3, -0.25) is 4.90 Å². The first kappa shape index (κ1) is 25.2. The Labute approximate surface area is 210 Å². The molecule has 0 saturated carbocycles. The SMILES string of the molecule is Cn1cncc1C(Sc1ccccc1)[C@@H]1C[C@@H](O[Si](C)(C)C(C)(C)C)CN1Cc1ccccc1. The second-order valence-corrected chi connectivity index (χ2v) is 17.0. The standard InChI is InChI=1S/C28H39N3OSSi/c1-28(2,3)34(5,6)32-23-17-25(31(20-23)19-22-13-9-7-10-14-22)27(26-18-29-21-30(26)4)33-24-15-11-8-12-16-24/h7-16,18,21,23,25,27H,17,19-20H2,1-6H3/t23-,25+,27?/m1/s1. The molecule has 1 aliphatic heterocycles. The summed E-state index contributed by atoms with van der Waals surface area (Å²) in [5.74, 6) is 0. The summed E-state index contributed by atoms with van der Waals surface area (Å²) in [7, 11) is 0.254. The van der Waals surface area contributed by atoms with E-state index in [2.05, 4.69) is 116 Å². The van der Waals surface area contributed by atoms with E-state index < -0.39 is 8.32 Å². The summed E-state index contributed by atoms with van der Waals surface area (Å²) in [6, 6.07) is 22.0. The van der Waals surface area contributed by atoms with Gasteiger partial charge in [-0.25, -0.2) is 4.98 Å². The number of aromatic nitrogens is 2. The van der Waals surface area contributed by atoms with Crippen LogP contribution in [0.1, 0.15) is 43.7 Å². The Bertz CT molecular complexity index is 1050. The molecule has 1 fully saturated rings. The van der Waals surface area contributed by atoms with Gasteiger partial charge in [0.05, 0.1) is 23.4 Å². The van der Waals surface area contributed by atoms with Crippen molar-refractivity contribution in [3.63, 3.8) is 0 Å². The molecule has 0 spiro atoms. The molecular formula is C28H39N3OSSi. The number of thioether (sulfide) groups is 1. The van der Waals surface area contributed by atoms with Crippen LogP contribution in [0.4, 0.5) is 0 Å². The molecule has 1 aromatic heterocycles. The maximum atomic E-state index is 6.97. The van der Waals surface area contributed by atoms with Crippen LogP contribution in [-0.2, 0) is 18.0 Å². The minimum absolute atomic E-state index is 0.204. The van der Waals surface area contributed by atoms with Crippen molar-refractivity contribution in [1.29, 1.82) is 0 Å². The van der Waals surface area contributed by atoms with Crippen LogP contribution in [-0.4, -0.2) is 41.5 Å². The molecule has 3 atom stereocenters. The van der Waals surface area contributed by atoms with E-state index in [4.69, 9.17) is 4.43 Å². The van der Waals surface area contributed by atoms with Crippen LogP contribution in [0.25, 0.3) is 0 Å². The fraction of sp³-hybridized carbons (Fsp3) is 0.464. The number of benzene rings is 2. The summed E-state index contributed by atoms with van der Waals surface area (Å²) in [6.07, 6.45) is 5.26. The first-order chi connectivity index (χ1) is 16.1. The van der Waals surface area contributed by atoms with Crippen molar-refractivity contribution >= 4 is 20.1 Å². The quantitative estimate of drug-likeness (QED) is 0.252. The topological polar surface area (TPSA) is 30.3 Å². The molecule has 6 heteroatoms. The maximum absolute atomic E-state index is 6.97. The van der Waals surface area contributed by atoms with Gasteiger partial charge < -0.3 is 8.99 Å². The monoisotopic (exact) mass is 493 g/mol. The highest BCUT2D eigenvalue weighted by Crippen LogP contribution is 2.45. The molecule has 4 rings (SSSR count). The lowest BCUT2D eigenvalue weighted by molar-refractivity contribution is 0.177. The molecule has 0 aliphatic carbocycles. The highest BCUT2D eigenvalue weighted by molar-refractivity contribution is 7.99. The van der Waals surface area contributed by atoms with Crippen LogP contribution in [0, 0.1) is 0 Å². The van der Waals surface area contributed by atoms with E-state index in [-0.39, 0.29) is 16.4 Å². The molecular weight excluding hydrogens is 454 g/mol. The molecule has 0 N–H and O–H groups in total. The summed E-state index contributed by atoms with van der Waals surface area (Å²) in [5, 5.41) is 0.474. The van der Waals surface area contributed by atoms with Crippen molar-refractivity contribution in [3.8, 4) is 0 Å². The lowest BCUT2D eigenvalue weighted by Crippen LogP contribution is -2.44. The maximum Gasteiger partial charge on any atom is 0.192 e. The van der Waals surface area contributed by atoms with Gasteiger partial charge in [0, 0.05) is 37.3 Å². The average molecular weight is 494 g/mol. The number of imidazole rings is 1. The average Bonchev–Trinajstić information content (AvgIpc) is 3.38. The van der Waals surface area contributed by atoms with Crippen molar-refractivity contribution in [2.24, 2.45) is 7.05 Å². The number of nitrogens with zero attached hydrogens (tertiary/aromatic N) is 3. The van der Waals surface area contributed by atoms with Crippen LogP contribution in [0.5, 0.6) is 0 Å². The molecule has 1 aliphatic rings. The summed E-state index contributed by atoms with van der Waals surface area (Å²) in [4.78, 5) is 8.43. The van der Waals surface area contributed by atoms with Crippen molar-refractivity contribution < 1.29 is 4.43 Å². The predicted molar refractivity (Wildman–Crippen MR) is 146 cm³/mol. The molecule has 1 saturated heterocycles. The largest absolute Gasteiger partial charge is 0.413 e. The van der Waals surface area contributed by atoms with E-state index in [1.165, 1.54) is 16.2 Å². The van der Waals surface area contributed by atoms with Crippen molar-refractivity contribution in [2.75, 3.05) is 6.54 Å². The van der Waals surface area contributed by atoms with Gasteiger partial charge in [0.25, 0.3) is 0 Å². The molecule has 4 nitrogen and oxygen atoms in total. The van der Waals surface area contributed by atoms with Gasteiger partial charge in [-0.05, 0) is 42.2 Å². The third-order valence-electron chi connectivity index (χ3n) is 7.41. The van der Waals surface area contributed by atoms with E-state index in [9.17, 15) is 0 Å². The van der Waals surface area contributed by atoms with Crippen LogP contribution < -0.4 is 0 Å². The van der Waals surface area contributed by atoms with E-state index in [0.29, 0.717) is 6.04 Å². The summed E-state index contributed by atoms with van der Waals surface area (Å²) in [6.45, 7) is 13.6. The molecule has 2 aromatic carbocycles. The molecule has 2 heterocycles. The number of hydrogen-bond acceptors (Lipinski definition) is 4. The minimum atomic E-state index is -1.86. The Kier molecular flexibility index (Phi) is 7.72. The Morgan fingerprint density at radius 1 is 1.06 bits per heavy atom. The van der Waals surface area contributed by atoms with Gasteiger partial charge in [0.1, 0.15) is 0 Å². The molecule has 0 bridgehead atoms. The van der Waals surface area contributed by atoms with Gasteiger partial charge in [-0.1, -0.05) is 69.3 Å². The Morgan fingerprint density at radius 3 is 2.29 bits per heavy atom. The first-order valence-corrected chi connectivity index (χ1v) is 16.1. The number of aryl methyl sites for hydroxylation is 1. The molecule has 3 aromatic rings. The van der Waals surface area contributed by atoms with Gasteiger partial charge in [0.2, 0.25) is 0 Å². The van der Waals surface area contributed by atoms with Gasteiger partial charge in [0.15, 0.2) is 8.32 Å². The van der Waals surface area contributed by atoms with E-state index >= 15 is 0 Å². The lowest BCUT2D eigenvalue weighted by Gasteiger charge is -2.38. The number of likely N-dealkylation sites (tertiary alicyclic amines) is 1. The Morgan fingerprint density at radius 2 is 1.71 bits per heavy atom. The van der Waals surface area contributed by atoms with E-state index in [1.807, 2.05) is 24.3 Å². The second kappa shape index (κ2) is 10.4. The highest BCUT2D eigenvalue weighted by atomic mass is 32.2. The van der Waals surface area contributed by atoms with Gasteiger partial charge in [-0.15, -0.1) is 11.8 Å². The molecule has 0 radical (unpaired) electrons. The summed E-state index contributed by atoms with van der Waals surface area (Å²) >= 11 is 1.95. The Hall–Kier alpha value is -1.86. The summed E-state index contributed by atoms with van der Waals surface area (Å²) in [5.41, 5.74) is 2.62. The summed E-state index contributed by atoms with van der Waals surface area (Å²) < 4.78 is 9.16. The molecule has 34 heavy (non-hydrogen) atoms.